The van der Waals surface area contributed by atoms with Gasteiger partial charge in [0.15, 0.2) is 29.4 Å². The SMILES string of the molecule is CC1(C)O[C@H]2C[C@H]3[C@@H]4CCC5=CC(=O)C=C[C@]5(C)C4(F)[C@@H](O)C[C@]3(C)[C@]2(C(=O)COC(=O)CCC(=O)O)O1. The molecule has 0 aromatic heterocycles. The molecule has 38 heavy (non-hydrogen) atoms. The Labute approximate surface area is 220 Å². The van der Waals surface area contributed by atoms with Crippen molar-refractivity contribution in [1.82, 2.24) is 0 Å². The van der Waals surface area contributed by atoms with E-state index in [1.165, 1.54) is 12.2 Å². The summed E-state index contributed by atoms with van der Waals surface area (Å²) in [6, 6.07) is 0. The van der Waals surface area contributed by atoms with Gasteiger partial charge in [-0.2, -0.15) is 0 Å². The number of carboxylic acid groups (broad SMARTS) is 1. The zero-order valence-electron chi connectivity index (χ0n) is 22.1. The van der Waals surface area contributed by atoms with Crippen LogP contribution in [0, 0.1) is 22.7 Å². The monoisotopic (exact) mass is 534 g/mol. The first-order chi connectivity index (χ1) is 17.6. The Morgan fingerprint density at radius 3 is 2.55 bits per heavy atom. The first-order valence-electron chi connectivity index (χ1n) is 13.2. The van der Waals surface area contributed by atoms with Gasteiger partial charge in [-0.15, -0.1) is 0 Å². The molecule has 3 saturated carbocycles. The Morgan fingerprint density at radius 1 is 1.16 bits per heavy atom. The van der Waals surface area contributed by atoms with Crippen molar-refractivity contribution < 1.29 is 48.0 Å². The smallest absolute Gasteiger partial charge is 0.306 e. The van der Waals surface area contributed by atoms with Gasteiger partial charge in [0, 0.05) is 16.7 Å². The van der Waals surface area contributed by atoms with E-state index in [9.17, 15) is 24.3 Å². The highest BCUT2D eigenvalue weighted by molar-refractivity contribution is 6.01. The van der Waals surface area contributed by atoms with E-state index in [1.807, 2.05) is 6.92 Å². The van der Waals surface area contributed by atoms with Gasteiger partial charge in [0.1, 0.15) is 0 Å². The second-order valence-corrected chi connectivity index (χ2v) is 12.3. The highest BCUT2D eigenvalue weighted by atomic mass is 19.1. The maximum absolute atomic E-state index is 17.4. The molecule has 0 bridgehead atoms. The molecule has 4 fully saturated rings. The third-order valence-electron chi connectivity index (χ3n) is 9.96. The van der Waals surface area contributed by atoms with Gasteiger partial charge in [-0.05, 0) is 64.5 Å². The third kappa shape index (κ3) is 3.52. The number of esters is 1. The van der Waals surface area contributed by atoms with Gasteiger partial charge < -0.3 is 24.4 Å². The third-order valence-corrected chi connectivity index (χ3v) is 9.96. The highest BCUT2D eigenvalue weighted by Gasteiger charge is 2.80. The number of ketones is 2. The van der Waals surface area contributed by atoms with Crippen LogP contribution in [0.3, 0.4) is 0 Å². The molecular formula is C28H35FO9. The number of carboxylic acids is 1. The van der Waals surface area contributed by atoms with Crippen LogP contribution in [0.25, 0.3) is 0 Å². The van der Waals surface area contributed by atoms with Gasteiger partial charge in [-0.25, -0.2) is 4.39 Å². The van der Waals surface area contributed by atoms with Crippen molar-refractivity contribution in [2.75, 3.05) is 6.61 Å². The summed E-state index contributed by atoms with van der Waals surface area (Å²) < 4.78 is 35.1. The summed E-state index contributed by atoms with van der Waals surface area (Å²) in [5.74, 6) is -4.90. The molecule has 1 saturated heterocycles. The first kappa shape index (κ1) is 27.1. The second kappa shape index (κ2) is 8.53. The van der Waals surface area contributed by atoms with Crippen molar-refractivity contribution in [1.29, 1.82) is 0 Å². The first-order valence-corrected chi connectivity index (χ1v) is 13.2. The molecule has 1 heterocycles. The number of rotatable bonds is 6. The molecule has 10 heteroatoms. The molecule has 1 aliphatic heterocycles. The second-order valence-electron chi connectivity index (χ2n) is 12.3. The van der Waals surface area contributed by atoms with E-state index >= 15 is 4.39 Å². The van der Waals surface area contributed by atoms with Crippen molar-refractivity contribution in [2.24, 2.45) is 22.7 Å². The van der Waals surface area contributed by atoms with Crippen LogP contribution in [-0.2, 0) is 33.4 Å². The summed E-state index contributed by atoms with van der Waals surface area (Å²) in [6.45, 7) is 6.26. The minimum Gasteiger partial charge on any atom is -0.481 e. The zero-order valence-corrected chi connectivity index (χ0v) is 22.1. The largest absolute Gasteiger partial charge is 0.481 e. The lowest BCUT2D eigenvalue weighted by Crippen LogP contribution is -2.70. The Kier molecular flexibility index (Phi) is 6.10. The van der Waals surface area contributed by atoms with Crippen molar-refractivity contribution in [3.8, 4) is 0 Å². The number of carbonyl (C=O) groups is 4. The van der Waals surface area contributed by atoms with Crippen LogP contribution < -0.4 is 0 Å². The Hall–Kier alpha value is -2.43. The van der Waals surface area contributed by atoms with Crippen LogP contribution in [-0.4, -0.2) is 69.6 Å². The number of allylic oxidation sites excluding steroid dienone is 4. The lowest BCUT2D eigenvalue weighted by molar-refractivity contribution is -0.246. The van der Waals surface area contributed by atoms with Crippen LogP contribution in [0.5, 0.6) is 0 Å². The summed E-state index contributed by atoms with van der Waals surface area (Å²) in [7, 11) is 0. The minimum atomic E-state index is -2.07. The van der Waals surface area contributed by atoms with Crippen LogP contribution >= 0.6 is 0 Å². The number of alkyl halides is 1. The molecule has 8 atom stereocenters. The van der Waals surface area contributed by atoms with Gasteiger partial charge in [-0.3, -0.25) is 19.2 Å². The molecule has 0 aromatic rings. The molecule has 5 aliphatic rings. The predicted molar refractivity (Wildman–Crippen MR) is 129 cm³/mol. The molecular weight excluding hydrogens is 499 g/mol. The molecule has 1 unspecified atom stereocenters. The number of aliphatic carboxylic acids is 1. The number of aliphatic hydroxyl groups excluding tert-OH is 1. The number of halogens is 1. The number of carbonyl (C=O) groups excluding carboxylic acids is 3. The fourth-order valence-corrected chi connectivity index (χ4v) is 8.34. The molecule has 0 amide bonds. The van der Waals surface area contributed by atoms with Crippen molar-refractivity contribution >= 4 is 23.5 Å². The van der Waals surface area contributed by atoms with E-state index in [2.05, 4.69) is 0 Å². The lowest BCUT2D eigenvalue weighted by Gasteiger charge is -2.62. The van der Waals surface area contributed by atoms with Gasteiger partial charge in [0.2, 0.25) is 5.78 Å². The van der Waals surface area contributed by atoms with Crippen molar-refractivity contribution in [3.63, 3.8) is 0 Å². The van der Waals surface area contributed by atoms with E-state index in [-0.39, 0.29) is 18.6 Å². The Morgan fingerprint density at radius 2 is 1.87 bits per heavy atom. The van der Waals surface area contributed by atoms with E-state index in [0.717, 1.165) is 0 Å². The van der Waals surface area contributed by atoms with Crippen LogP contribution in [0.2, 0.25) is 0 Å². The summed E-state index contributed by atoms with van der Waals surface area (Å²) in [6.07, 6.45) is 2.50. The fourth-order valence-electron chi connectivity index (χ4n) is 8.34. The summed E-state index contributed by atoms with van der Waals surface area (Å²) in [5.41, 5.74) is -5.20. The average molecular weight is 535 g/mol. The number of hydrogen-bond donors (Lipinski definition) is 2. The molecule has 0 spiro atoms. The van der Waals surface area contributed by atoms with Gasteiger partial charge in [0.05, 0.1) is 25.0 Å². The molecule has 5 rings (SSSR count). The van der Waals surface area contributed by atoms with Crippen molar-refractivity contribution in [2.45, 2.75) is 95.5 Å². The standard InChI is InChI=1S/C28H35FO9/c1-24(2)37-21-12-18-17-6-5-15-11-16(30)9-10-25(15,3)27(17,29)19(31)13-26(18,4)28(21,38-24)20(32)14-36-23(35)8-7-22(33)34/h9-11,17-19,21,31H,5-8,12-14H2,1-4H3,(H,33,34)/t17-,18-,19-,21-,25-,26-,27?,28+/m0/s1. The summed E-state index contributed by atoms with van der Waals surface area (Å²) >= 11 is 0. The maximum Gasteiger partial charge on any atom is 0.306 e. The molecule has 2 N–H and O–H groups in total. The van der Waals surface area contributed by atoms with Gasteiger partial charge >= 0.3 is 11.9 Å². The molecule has 0 aromatic carbocycles. The molecule has 208 valence electrons. The Bertz CT molecular complexity index is 1160. The normalized spacial score (nSPS) is 44.4. The van der Waals surface area contributed by atoms with Crippen molar-refractivity contribution in [3.05, 3.63) is 23.8 Å². The number of aliphatic hydroxyl groups is 1. The predicted octanol–water partition coefficient (Wildman–Crippen LogP) is 2.83. The van der Waals surface area contributed by atoms with Crippen LogP contribution in [0.15, 0.2) is 23.8 Å². The number of ether oxygens (including phenoxy) is 3. The summed E-state index contributed by atoms with van der Waals surface area (Å²) in [5, 5.41) is 20.4. The Balaban J connectivity index is 1.50. The van der Waals surface area contributed by atoms with Crippen LogP contribution in [0.4, 0.5) is 4.39 Å². The van der Waals surface area contributed by atoms with Crippen LogP contribution in [0.1, 0.15) is 66.2 Å². The van der Waals surface area contributed by atoms with E-state index in [4.69, 9.17) is 19.3 Å². The van der Waals surface area contributed by atoms with E-state index < -0.39 is 82.7 Å². The van der Waals surface area contributed by atoms with Gasteiger partial charge in [0.25, 0.3) is 0 Å². The van der Waals surface area contributed by atoms with E-state index in [1.54, 1.807) is 26.8 Å². The minimum absolute atomic E-state index is 0.0933. The van der Waals surface area contributed by atoms with Gasteiger partial charge in [-0.1, -0.05) is 18.6 Å². The molecule has 0 radical (unpaired) electrons. The highest BCUT2D eigenvalue weighted by Crippen LogP contribution is 2.72. The molecule has 4 aliphatic carbocycles. The van der Waals surface area contributed by atoms with E-state index in [0.29, 0.717) is 24.8 Å². The molecule has 9 nitrogen and oxygen atoms in total. The topological polar surface area (TPSA) is 136 Å². The number of Topliss-reactive ketones (excluding diaryl/α,β-unsaturated/α-hetero) is 1. The lowest BCUT2D eigenvalue weighted by atomic mass is 9.44. The quantitative estimate of drug-likeness (QED) is 0.493. The number of hydrogen-bond acceptors (Lipinski definition) is 8. The average Bonchev–Trinajstić information content (AvgIpc) is 3.23. The number of fused-ring (bicyclic) bond motifs is 7. The summed E-state index contributed by atoms with van der Waals surface area (Å²) in [4.78, 5) is 48.8. The maximum atomic E-state index is 17.4. The zero-order chi connectivity index (χ0) is 27.9. The fraction of sp³-hybridized carbons (Fsp3) is 0.714.